The van der Waals surface area contributed by atoms with Crippen molar-refractivity contribution in [2.24, 2.45) is 0 Å². The van der Waals surface area contributed by atoms with Crippen molar-refractivity contribution in [1.29, 1.82) is 0 Å². The van der Waals surface area contributed by atoms with Crippen LogP contribution in [0.1, 0.15) is 19.3 Å². The molecule has 6 nitrogen and oxygen atoms in total. The molecular formula is C20H10F32O6. The Kier molecular flexibility index (Phi) is 15.4. The zero-order valence-electron chi connectivity index (χ0n) is 25.6. The monoisotopic (exact) mass is 954 g/mol. The van der Waals surface area contributed by atoms with E-state index in [1.807, 2.05) is 4.74 Å². The molecule has 0 aromatic heterocycles. The standard InChI is InChI=1S/C20H10F32O6/c21-5-7(24,25)54-12(34,35)8(26,27)6(22,23)3-1-2-4-53-20(51,52)58-18(46,47)17(44,45)56-16(42,43)11(32,33)15(40,41)55-13(36,37)9(28,29)10(30,31)14(38,39)57-19(48,49)50/h1-5H2. The second-order valence-corrected chi connectivity index (χ2v) is 10.1. The first-order valence-corrected chi connectivity index (χ1v) is 12.9. The van der Waals surface area contributed by atoms with Crippen molar-refractivity contribution in [3.05, 3.63) is 0 Å². The third-order valence-electron chi connectivity index (χ3n) is 5.61. The third-order valence-corrected chi connectivity index (χ3v) is 5.61. The minimum atomic E-state index is -8.76. The topological polar surface area (TPSA) is 55.4 Å². The van der Waals surface area contributed by atoms with Gasteiger partial charge in [0.2, 0.25) is 0 Å². The molecule has 350 valence electrons. The lowest BCUT2D eigenvalue weighted by Gasteiger charge is -2.39. The van der Waals surface area contributed by atoms with E-state index < -0.39 is 124 Å². The maximum absolute atomic E-state index is 13.6. The summed E-state index contributed by atoms with van der Waals surface area (Å²) in [5.74, 6) is -39.3. The van der Waals surface area contributed by atoms with Gasteiger partial charge in [0.15, 0.2) is 6.67 Å². The fourth-order valence-corrected chi connectivity index (χ4v) is 2.85. The average Bonchev–Trinajstić information content (AvgIpc) is 2.92. The summed E-state index contributed by atoms with van der Waals surface area (Å²) in [6.07, 6.45) is -82.6. The van der Waals surface area contributed by atoms with E-state index in [9.17, 15) is 140 Å². The number of ether oxygens (including phenoxy) is 6. The first-order valence-electron chi connectivity index (χ1n) is 12.9. The lowest BCUT2D eigenvalue weighted by atomic mass is 10.0. The quantitative estimate of drug-likeness (QED) is 0.0546. The number of unbranched alkanes of at least 4 members (excludes halogenated alkanes) is 1. The molecule has 0 spiro atoms. The Hall–Kier alpha value is -2.48. The smallest absolute Gasteiger partial charge is 0.296 e. The van der Waals surface area contributed by atoms with Gasteiger partial charge in [0.25, 0.3) is 0 Å². The molecule has 0 amide bonds. The van der Waals surface area contributed by atoms with Crippen LogP contribution in [0.5, 0.6) is 0 Å². The van der Waals surface area contributed by atoms with Crippen LogP contribution in [0.15, 0.2) is 0 Å². The van der Waals surface area contributed by atoms with Gasteiger partial charge >= 0.3 is 91.1 Å². The first kappa shape index (κ1) is 55.5. The molecule has 0 N–H and O–H groups in total. The molecule has 0 unspecified atom stereocenters. The fourth-order valence-electron chi connectivity index (χ4n) is 2.85. The van der Waals surface area contributed by atoms with E-state index in [0.29, 0.717) is 0 Å². The minimum Gasteiger partial charge on any atom is -0.296 e. The summed E-state index contributed by atoms with van der Waals surface area (Å²) in [4.78, 5) is 0. The van der Waals surface area contributed by atoms with E-state index >= 15 is 0 Å². The second kappa shape index (κ2) is 16.1. The number of halogens is 32. The molecule has 0 saturated heterocycles. The molecule has 38 heteroatoms. The van der Waals surface area contributed by atoms with Crippen molar-refractivity contribution < 1.29 is 169 Å². The summed E-state index contributed by atoms with van der Waals surface area (Å²) < 4.78 is 431. The van der Waals surface area contributed by atoms with Crippen molar-refractivity contribution in [2.75, 3.05) is 13.3 Å². The molecule has 0 atom stereocenters. The van der Waals surface area contributed by atoms with Crippen molar-refractivity contribution in [1.82, 2.24) is 0 Å². The molecule has 0 saturated carbocycles. The summed E-state index contributed by atoms with van der Waals surface area (Å²) in [5, 5.41) is 0. The van der Waals surface area contributed by atoms with Crippen LogP contribution in [0.25, 0.3) is 0 Å². The van der Waals surface area contributed by atoms with Gasteiger partial charge in [0, 0.05) is 6.42 Å². The molecule has 58 heavy (non-hydrogen) atoms. The Morgan fingerprint density at radius 3 is 1.02 bits per heavy atom. The van der Waals surface area contributed by atoms with E-state index in [1.165, 1.54) is 0 Å². The Bertz CT molecular complexity index is 1360. The van der Waals surface area contributed by atoms with Crippen molar-refractivity contribution >= 4 is 0 Å². The molecule has 0 aromatic rings. The summed E-state index contributed by atoms with van der Waals surface area (Å²) in [6.45, 7) is -5.59. The van der Waals surface area contributed by atoms with Gasteiger partial charge in [0.05, 0.1) is 6.61 Å². The van der Waals surface area contributed by atoms with Crippen LogP contribution >= 0.6 is 0 Å². The lowest BCUT2D eigenvalue weighted by Crippen LogP contribution is -2.68. The van der Waals surface area contributed by atoms with Crippen LogP contribution in [0.3, 0.4) is 0 Å². The highest BCUT2D eigenvalue weighted by molar-refractivity contribution is 4.99. The predicted molar refractivity (Wildman–Crippen MR) is 107 cm³/mol. The molecule has 0 aliphatic rings. The average molecular weight is 954 g/mol. The third kappa shape index (κ3) is 11.7. The number of hydrogen-bond acceptors (Lipinski definition) is 6. The van der Waals surface area contributed by atoms with E-state index in [1.54, 1.807) is 4.74 Å². The number of hydrogen-bond donors (Lipinski definition) is 0. The van der Waals surface area contributed by atoms with Gasteiger partial charge in [-0.05, 0) is 12.8 Å². The fraction of sp³-hybridized carbons (Fsp3) is 1.00. The Morgan fingerprint density at radius 1 is 0.310 bits per heavy atom. The van der Waals surface area contributed by atoms with Crippen LogP contribution in [-0.4, -0.2) is 104 Å². The Morgan fingerprint density at radius 2 is 0.638 bits per heavy atom. The number of alkyl halides is 32. The molecule has 0 heterocycles. The SMILES string of the molecule is FCC(F)(F)OC(F)(F)C(F)(F)C(F)(F)CCCCOC(F)(F)OC(F)(F)C(F)(F)OC(F)(F)C(F)(F)C(F)(F)OC(F)(F)C(F)(F)C(F)(F)C(F)(F)OC(F)(F)F. The van der Waals surface area contributed by atoms with E-state index in [4.69, 9.17) is 0 Å². The first-order chi connectivity index (χ1) is 24.8. The molecular weight excluding hydrogens is 944 g/mol. The van der Waals surface area contributed by atoms with Crippen LogP contribution in [0.4, 0.5) is 140 Å². The second-order valence-electron chi connectivity index (χ2n) is 10.1. The Balaban J connectivity index is 5.99. The summed E-state index contributed by atoms with van der Waals surface area (Å²) >= 11 is 0. The van der Waals surface area contributed by atoms with E-state index in [2.05, 4.69) is 4.74 Å². The molecule has 0 radical (unpaired) electrons. The zero-order chi connectivity index (χ0) is 47.3. The molecule has 0 bridgehead atoms. The van der Waals surface area contributed by atoms with Crippen molar-refractivity contribution in [3.8, 4) is 0 Å². The molecule has 0 aliphatic heterocycles. The molecule has 0 rings (SSSR count). The zero-order valence-corrected chi connectivity index (χ0v) is 25.6. The summed E-state index contributed by atoms with van der Waals surface area (Å²) in [7, 11) is 0. The maximum atomic E-state index is 13.6. The van der Waals surface area contributed by atoms with Gasteiger partial charge in [-0.25, -0.2) is 28.1 Å². The van der Waals surface area contributed by atoms with Gasteiger partial charge in [-0.3, -0.25) is 4.74 Å². The van der Waals surface area contributed by atoms with Gasteiger partial charge < -0.3 is 0 Å². The van der Waals surface area contributed by atoms with Crippen LogP contribution in [0, 0.1) is 0 Å². The molecule has 0 fully saturated rings. The van der Waals surface area contributed by atoms with Crippen LogP contribution in [0.2, 0.25) is 0 Å². The normalized spacial score (nSPS) is 16.3. The highest BCUT2D eigenvalue weighted by Gasteiger charge is 2.88. The van der Waals surface area contributed by atoms with E-state index in [0.717, 1.165) is 14.2 Å². The number of rotatable bonds is 24. The Labute approximate surface area is 294 Å². The van der Waals surface area contributed by atoms with E-state index in [-0.39, 0.29) is 0 Å². The van der Waals surface area contributed by atoms with Gasteiger partial charge in [-0.15, -0.1) is 22.0 Å². The minimum absolute atomic E-state index is 0.922. The highest BCUT2D eigenvalue weighted by Crippen LogP contribution is 2.59. The van der Waals surface area contributed by atoms with Crippen molar-refractivity contribution in [3.63, 3.8) is 0 Å². The van der Waals surface area contributed by atoms with Crippen molar-refractivity contribution in [2.45, 2.75) is 110 Å². The predicted octanol–water partition coefficient (Wildman–Crippen LogP) is 11.2. The molecule has 0 aliphatic carbocycles. The largest absolute Gasteiger partial charge is 0.527 e. The lowest BCUT2D eigenvalue weighted by molar-refractivity contribution is -0.575. The van der Waals surface area contributed by atoms with Crippen LogP contribution in [-0.2, 0) is 28.4 Å². The van der Waals surface area contributed by atoms with Gasteiger partial charge in [0.1, 0.15) is 0 Å². The summed E-state index contributed by atoms with van der Waals surface area (Å²) in [6, 6.07) is 0. The summed E-state index contributed by atoms with van der Waals surface area (Å²) in [5.41, 5.74) is 0. The maximum Gasteiger partial charge on any atom is 0.527 e. The van der Waals surface area contributed by atoms with Crippen LogP contribution < -0.4 is 0 Å². The molecule has 0 aromatic carbocycles. The van der Waals surface area contributed by atoms with Gasteiger partial charge in [-0.1, -0.05) is 0 Å². The highest BCUT2D eigenvalue weighted by atomic mass is 19.4. The van der Waals surface area contributed by atoms with Gasteiger partial charge in [-0.2, -0.15) is 114 Å².